The third kappa shape index (κ3) is 4.89. The molecule has 3 aromatic rings. The molecular formula is C22H15F3N2O3. The molecule has 0 radical (unpaired) electrons. The van der Waals surface area contributed by atoms with Gasteiger partial charge in [0.05, 0.1) is 12.7 Å². The Balaban J connectivity index is 1.81. The van der Waals surface area contributed by atoms with E-state index < -0.39 is 17.6 Å². The van der Waals surface area contributed by atoms with Gasteiger partial charge < -0.3 is 14.5 Å². The smallest absolute Gasteiger partial charge is 0.416 e. The number of methoxy groups -OCH3 is 1. The lowest BCUT2D eigenvalue weighted by molar-refractivity contribution is -0.137. The summed E-state index contributed by atoms with van der Waals surface area (Å²) < 4.78 is 49.3. The molecule has 0 saturated carbocycles. The SMILES string of the molecule is COc1cccc(NC(=O)/C(C#N)=C/c2ccc(-c3cccc(C(F)(F)F)c3)o2)c1. The maximum Gasteiger partial charge on any atom is 0.416 e. The number of nitrogens with one attached hydrogen (secondary N) is 1. The van der Waals surface area contributed by atoms with Crippen LogP contribution in [0.2, 0.25) is 0 Å². The number of nitrogens with zero attached hydrogens (tertiary/aromatic N) is 1. The molecule has 0 fully saturated rings. The van der Waals surface area contributed by atoms with Crippen molar-refractivity contribution in [3.63, 3.8) is 0 Å². The highest BCUT2D eigenvalue weighted by Crippen LogP contribution is 2.33. The molecule has 0 aliphatic rings. The monoisotopic (exact) mass is 412 g/mol. The van der Waals surface area contributed by atoms with E-state index in [1.54, 1.807) is 30.3 Å². The van der Waals surface area contributed by atoms with E-state index in [1.165, 1.54) is 37.5 Å². The Bertz CT molecular complexity index is 1140. The van der Waals surface area contributed by atoms with Gasteiger partial charge in [-0.25, -0.2) is 0 Å². The van der Waals surface area contributed by atoms with Crippen molar-refractivity contribution in [3.05, 3.63) is 77.6 Å². The highest BCUT2D eigenvalue weighted by molar-refractivity contribution is 6.09. The zero-order chi connectivity index (χ0) is 21.7. The molecule has 0 aliphatic heterocycles. The highest BCUT2D eigenvalue weighted by Gasteiger charge is 2.30. The molecule has 1 aromatic heterocycles. The topological polar surface area (TPSA) is 75.3 Å². The van der Waals surface area contributed by atoms with E-state index >= 15 is 0 Å². The van der Waals surface area contributed by atoms with Crippen LogP contribution in [-0.4, -0.2) is 13.0 Å². The molecule has 1 amide bonds. The molecule has 0 unspecified atom stereocenters. The number of alkyl halides is 3. The standard InChI is InChI=1S/C22H15F3N2O3/c1-29-18-7-3-6-17(12-18)27-21(28)15(13-26)11-19-8-9-20(30-19)14-4-2-5-16(10-14)22(23,24)25/h2-12H,1H3,(H,27,28)/b15-11+. The molecule has 0 atom stereocenters. The predicted octanol–water partition coefficient (Wildman–Crippen LogP) is 5.52. The Kier molecular flexibility index (Phi) is 5.93. The van der Waals surface area contributed by atoms with Crippen molar-refractivity contribution in [2.45, 2.75) is 6.18 Å². The molecular weight excluding hydrogens is 397 g/mol. The predicted molar refractivity (Wildman–Crippen MR) is 104 cm³/mol. The maximum atomic E-state index is 12.9. The van der Waals surface area contributed by atoms with Crippen LogP contribution in [0.5, 0.6) is 5.75 Å². The van der Waals surface area contributed by atoms with Crippen LogP contribution in [0.3, 0.4) is 0 Å². The Labute approximate surface area is 170 Å². The molecule has 1 N–H and O–H groups in total. The van der Waals surface area contributed by atoms with E-state index in [4.69, 9.17) is 9.15 Å². The molecule has 0 saturated heterocycles. The van der Waals surface area contributed by atoms with E-state index in [0.29, 0.717) is 11.4 Å². The van der Waals surface area contributed by atoms with Gasteiger partial charge in [0.1, 0.15) is 28.9 Å². The number of ether oxygens (including phenoxy) is 1. The van der Waals surface area contributed by atoms with Crippen molar-refractivity contribution < 1.29 is 27.1 Å². The molecule has 8 heteroatoms. The summed E-state index contributed by atoms with van der Waals surface area (Å²) in [5, 5.41) is 11.9. The third-order valence-electron chi connectivity index (χ3n) is 4.08. The largest absolute Gasteiger partial charge is 0.497 e. The molecule has 30 heavy (non-hydrogen) atoms. The highest BCUT2D eigenvalue weighted by atomic mass is 19.4. The lowest BCUT2D eigenvalue weighted by Gasteiger charge is -2.07. The second-order valence-electron chi connectivity index (χ2n) is 6.14. The Hall–Kier alpha value is -3.99. The fourth-order valence-electron chi connectivity index (χ4n) is 2.62. The van der Waals surface area contributed by atoms with Gasteiger partial charge >= 0.3 is 6.18 Å². The average Bonchev–Trinajstić information content (AvgIpc) is 3.20. The first-order chi connectivity index (χ1) is 14.3. The van der Waals surface area contributed by atoms with Crippen molar-refractivity contribution >= 4 is 17.7 Å². The fraction of sp³-hybridized carbons (Fsp3) is 0.0909. The van der Waals surface area contributed by atoms with Gasteiger partial charge in [0, 0.05) is 23.4 Å². The van der Waals surface area contributed by atoms with Crippen molar-refractivity contribution in [1.82, 2.24) is 0 Å². The van der Waals surface area contributed by atoms with Gasteiger partial charge in [-0.3, -0.25) is 4.79 Å². The normalized spacial score (nSPS) is 11.6. The van der Waals surface area contributed by atoms with Crippen LogP contribution in [0.1, 0.15) is 11.3 Å². The number of rotatable bonds is 5. The summed E-state index contributed by atoms with van der Waals surface area (Å²) in [6.07, 6.45) is -3.26. The summed E-state index contributed by atoms with van der Waals surface area (Å²) in [6, 6.07) is 16.0. The van der Waals surface area contributed by atoms with E-state index in [1.807, 2.05) is 0 Å². The first-order valence-corrected chi connectivity index (χ1v) is 8.65. The lowest BCUT2D eigenvalue weighted by atomic mass is 10.1. The van der Waals surface area contributed by atoms with Crippen LogP contribution >= 0.6 is 0 Å². The minimum atomic E-state index is -4.47. The van der Waals surface area contributed by atoms with Gasteiger partial charge in [0.25, 0.3) is 5.91 Å². The van der Waals surface area contributed by atoms with Crippen molar-refractivity contribution in [1.29, 1.82) is 5.26 Å². The molecule has 152 valence electrons. The van der Waals surface area contributed by atoms with Crippen LogP contribution in [0.4, 0.5) is 18.9 Å². The fourth-order valence-corrected chi connectivity index (χ4v) is 2.62. The van der Waals surface area contributed by atoms with Gasteiger partial charge in [-0.1, -0.05) is 18.2 Å². The van der Waals surface area contributed by atoms with Gasteiger partial charge in [-0.2, -0.15) is 18.4 Å². The number of carbonyl (C=O) groups is 1. The van der Waals surface area contributed by atoms with Gasteiger partial charge in [0.2, 0.25) is 0 Å². The summed E-state index contributed by atoms with van der Waals surface area (Å²) in [4.78, 5) is 12.4. The first-order valence-electron chi connectivity index (χ1n) is 8.65. The number of anilines is 1. The quantitative estimate of drug-likeness (QED) is 0.442. The third-order valence-corrected chi connectivity index (χ3v) is 4.08. The van der Waals surface area contributed by atoms with Crippen LogP contribution < -0.4 is 10.1 Å². The maximum absolute atomic E-state index is 12.9. The molecule has 0 spiro atoms. The van der Waals surface area contributed by atoms with Crippen molar-refractivity contribution in [2.24, 2.45) is 0 Å². The number of benzene rings is 2. The molecule has 1 heterocycles. The van der Waals surface area contributed by atoms with Gasteiger partial charge in [-0.15, -0.1) is 0 Å². The zero-order valence-electron chi connectivity index (χ0n) is 15.7. The van der Waals surface area contributed by atoms with Crippen LogP contribution in [0.25, 0.3) is 17.4 Å². The zero-order valence-corrected chi connectivity index (χ0v) is 15.7. The Morgan fingerprint density at radius 3 is 2.60 bits per heavy atom. The summed E-state index contributed by atoms with van der Waals surface area (Å²) in [7, 11) is 1.49. The van der Waals surface area contributed by atoms with E-state index in [2.05, 4.69) is 5.32 Å². The molecule has 2 aromatic carbocycles. The molecule has 0 aliphatic carbocycles. The Morgan fingerprint density at radius 1 is 1.13 bits per heavy atom. The number of furan rings is 1. The lowest BCUT2D eigenvalue weighted by Crippen LogP contribution is -2.13. The first kappa shape index (κ1) is 20.7. The van der Waals surface area contributed by atoms with Crippen molar-refractivity contribution in [2.75, 3.05) is 12.4 Å². The summed E-state index contributed by atoms with van der Waals surface area (Å²) in [5.41, 5.74) is -0.375. The minimum absolute atomic E-state index is 0.153. The number of hydrogen-bond acceptors (Lipinski definition) is 4. The average molecular weight is 412 g/mol. The van der Waals surface area contributed by atoms with Gasteiger partial charge in [-0.05, 0) is 36.4 Å². The number of amides is 1. The van der Waals surface area contributed by atoms with Crippen molar-refractivity contribution in [3.8, 4) is 23.1 Å². The second-order valence-corrected chi connectivity index (χ2v) is 6.14. The van der Waals surface area contributed by atoms with E-state index in [0.717, 1.165) is 12.1 Å². The number of carbonyl (C=O) groups excluding carboxylic acids is 1. The van der Waals surface area contributed by atoms with E-state index in [-0.39, 0.29) is 22.7 Å². The number of hydrogen-bond donors (Lipinski definition) is 1. The molecule has 5 nitrogen and oxygen atoms in total. The minimum Gasteiger partial charge on any atom is -0.497 e. The summed E-state index contributed by atoms with van der Waals surface area (Å²) in [5.74, 6) is 0.201. The number of nitriles is 1. The molecule has 0 bridgehead atoms. The molecule has 3 rings (SSSR count). The summed E-state index contributed by atoms with van der Waals surface area (Å²) >= 11 is 0. The van der Waals surface area contributed by atoms with Crippen LogP contribution in [-0.2, 0) is 11.0 Å². The van der Waals surface area contributed by atoms with E-state index in [9.17, 15) is 23.2 Å². The Morgan fingerprint density at radius 2 is 1.90 bits per heavy atom. The number of halogens is 3. The van der Waals surface area contributed by atoms with Gasteiger partial charge in [0.15, 0.2) is 0 Å². The van der Waals surface area contributed by atoms with Crippen LogP contribution in [0.15, 0.2) is 70.7 Å². The van der Waals surface area contributed by atoms with Crippen LogP contribution in [0, 0.1) is 11.3 Å². The summed E-state index contributed by atoms with van der Waals surface area (Å²) in [6.45, 7) is 0. The second kappa shape index (κ2) is 8.57.